The highest BCUT2D eigenvalue weighted by molar-refractivity contribution is 6.74. The van der Waals surface area contributed by atoms with Crippen LogP contribution in [0.1, 0.15) is 114 Å². The molecule has 0 spiro atoms. The van der Waals surface area contributed by atoms with Gasteiger partial charge in [-0.05, 0) is 123 Å². The molecule has 6 nitrogen and oxygen atoms in total. The minimum Gasteiger partial charge on any atom is -0.463 e. The fourth-order valence-corrected chi connectivity index (χ4v) is 12.9. The van der Waals surface area contributed by atoms with E-state index in [0.29, 0.717) is 36.6 Å². The van der Waals surface area contributed by atoms with Crippen molar-refractivity contribution in [1.29, 1.82) is 0 Å². The summed E-state index contributed by atoms with van der Waals surface area (Å²) < 4.78 is 32.7. The molecule has 4 fully saturated rings. The lowest BCUT2D eigenvalue weighted by molar-refractivity contribution is -0.190. The van der Waals surface area contributed by atoms with Crippen molar-refractivity contribution in [3.63, 3.8) is 0 Å². The molecule has 4 saturated carbocycles. The number of fused-ring (bicyclic) bond motifs is 5. The van der Waals surface area contributed by atoms with Crippen LogP contribution in [0.15, 0.2) is 0 Å². The molecule has 4 aliphatic rings. The summed E-state index contributed by atoms with van der Waals surface area (Å²) in [5.74, 6) is 2.10. The molecule has 0 aromatic carbocycles. The zero-order chi connectivity index (χ0) is 34.0. The Morgan fingerprint density at radius 3 is 1.96 bits per heavy atom. The van der Waals surface area contributed by atoms with E-state index >= 15 is 0 Å². The molecule has 0 aromatic heterocycles. The van der Waals surface area contributed by atoms with Gasteiger partial charge in [-0.25, -0.2) is 0 Å². The second-order valence-electron chi connectivity index (χ2n) is 19.1. The van der Waals surface area contributed by atoms with Gasteiger partial charge in [0.25, 0.3) is 0 Å². The Labute approximate surface area is 279 Å². The van der Waals surface area contributed by atoms with Gasteiger partial charge in [-0.1, -0.05) is 55.4 Å². The van der Waals surface area contributed by atoms with E-state index in [2.05, 4.69) is 88.5 Å². The fraction of sp³-hybridized carbons (Fsp3) is 0.973. The van der Waals surface area contributed by atoms with Crippen LogP contribution in [-0.2, 0) is 27.9 Å². The maximum atomic E-state index is 12.1. The molecule has 4 aliphatic carbocycles. The summed E-state index contributed by atoms with van der Waals surface area (Å²) in [7, 11) is -2.20. The summed E-state index contributed by atoms with van der Waals surface area (Å²) in [5.41, 5.74) is 0.248. The monoisotopic (exact) mass is 666 g/mol. The van der Waals surface area contributed by atoms with Crippen molar-refractivity contribution in [3.8, 4) is 0 Å². The molecule has 0 saturated heterocycles. The molecule has 0 unspecified atom stereocenters. The average molecular weight is 667 g/mol. The van der Waals surface area contributed by atoms with Crippen LogP contribution in [-0.4, -0.2) is 60.9 Å². The number of esters is 1. The first kappa shape index (κ1) is 37.6. The number of rotatable bonds is 9. The zero-order valence-corrected chi connectivity index (χ0v) is 33.8. The van der Waals surface area contributed by atoms with Crippen LogP contribution in [0.25, 0.3) is 0 Å². The molecule has 11 atom stereocenters. The molecule has 0 aromatic rings. The zero-order valence-electron chi connectivity index (χ0n) is 31.8. The Bertz CT molecular complexity index is 1050. The van der Waals surface area contributed by atoms with Crippen molar-refractivity contribution in [2.45, 2.75) is 175 Å². The van der Waals surface area contributed by atoms with Gasteiger partial charge in [-0.3, -0.25) is 4.79 Å². The highest BCUT2D eigenvalue weighted by atomic mass is 28.4. The lowest BCUT2D eigenvalue weighted by Crippen LogP contribution is -2.62. The van der Waals surface area contributed by atoms with Crippen molar-refractivity contribution in [2.24, 2.45) is 40.4 Å². The number of hydrogen-bond acceptors (Lipinski definition) is 6. The molecule has 0 heterocycles. The van der Waals surface area contributed by atoms with Crippen LogP contribution < -0.4 is 0 Å². The van der Waals surface area contributed by atoms with Crippen LogP contribution in [0.5, 0.6) is 0 Å². The fourth-order valence-electron chi connectivity index (χ4n) is 10.1. The quantitative estimate of drug-likeness (QED) is 0.139. The van der Waals surface area contributed by atoms with Crippen LogP contribution in [0.3, 0.4) is 0 Å². The average Bonchev–Trinajstić information content (AvgIpc) is 3.18. The molecular weight excluding hydrogens is 597 g/mol. The predicted octanol–water partition coefficient (Wildman–Crippen LogP) is 9.59. The molecule has 8 heteroatoms. The lowest BCUT2D eigenvalue weighted by atomic mass is 9.44. The van der Waals surface area contributed by atoms with E-state index in [1.165, 1.54) is 19.8 Å². The van der Waals surface area contributed by atoms with Gasteiger partial charge in [0.15, 0.2) is 16.6 Å². The highest BCUT2D eigenvalue weighted by Gasteiger charge is 2.66. The van der Waals surface area contributed by atoms with Crippen LogP contribution in [0.4, 0.5) is 0 Å². The van der Waals surface area contributed by atoms with E-state index in [0.717, 1.165) is 32.1 Å². The van der Waals surface area contributed by atoms with E-state index in [1.54, 1.807) is 7.11 Å². The largest absolute Gasteiger partial charge is 0.463 e. The van der Waals surface area contributed by atoms with Gasteiger partial charge in [-0.2, -0.15) is 0 Å². The summed E-state index contributed by atoms with van der Waals surface area (Å²) in [4.78, 5) is 12.1. The first-order chi connectivity index (χ1) is 20.5. The summed E-state index contributed by atoms with van der Waals surface area (Å²) in [6.45, 7) is 33.0. The molecule has 0 aliphatic heterocycles. The third kappa shape index (κ3) is 7.08. The molecule has 4 rings (SSSR count). The van der Waals surface area contributed by atoms with E-state index in [1.807, 2.05) is 0 Å². The van der Waals surface area contributed by atoms with Crippen LogP contribution >= 0.6 is 0 Å². The van der Waals surface area contributed by atoms with Crippen molar-refractivity contribution in [2.75, 3.05) is 13.9 Å². The number of carbonyl (C=O) groups excluding carboxylic acids is 1. The smallest absolute Gasteiger partial charge is 0.302 e. The first-order valence-electron chi connectivity index (χ1n) is 18.1. The van der Waals surface area contributed by atoms with Gasteiger partial charge in [0.05, 0.1) is 6.10 Å². The Morgan fingerprint density at radius 1 is 0.822 bits per heavy atom. The number of ether oxygens (including phenoxy) is 3. The molecule has 0 bridgehead atoms. The maximum absolute atomic E-state index is 12.1. The van der Waals surface area contributed by atoms with Gasteiger partial charge in [0, 0.05) is 32.2 Å². The van der Waals surface area contributed by atoms with Crippen molar-refractivity contribution >= 4 is 22.6 Å². The van der Waals surface area contributed by atoms with Gasteiger partial charge < -0.3 is 23.1 Å². The van der Waals surface area contributed by atoms with E-state index < -0.39 is 16.6 Å². The Balaban J connectivity index is 1.73. The van der Waals surface area contributed by atoms with Crippen molar-refractivity contribution in [3.05, 3.63) is 0 Å². The first-order valence-corrected chi connectivity index (χ1v) is 23.9. The van der Waals surface area contributed by atoms with Crippen molar-refractivity contribution in [1.82, 2.24) is 0 Å². The summed E-state index contributed by atoms with van der Waals surface area (Å²) in [5, 5.41) is 0.352. The number of carbonyl (C=O) groups is 1. The van der Waals surface area contributed by atoms with E-state index in [-0.39, 0.29) is 51.1 Å². The predicted molar refractivity (Wildman–Crippen MR) is 188 cm³/mol. The van der Waals surface area contributed by atoms with Gasteiger partial charge in [-0.15, -0.1) is 0 Å². The van der Waals surface area contributed by atoms with Gasteiger partial charge >= 0.3 is 5.97 Å². The van der Waals surface area contributed by atoms with Gasteiger partial charge in [0.2, 0.25) is 0 Å². The minimum absolute atomic E-state index is 0.0435. The minimum atomic E-state index is -2.04. The molecule has 0 N–H and O–H groups in total. The highest BCUT2D eigenvalue weighted by Crippen LogP contribution is 2.69. The molecular formula is C37H70O6Si2. The van der Waals surface area contributed by atoms with Gasteiger partial charge in [0.1, 0.15) is 12.9 Å². The Hall–Kier alpha value is -0.256. The molecule has 0 radical (unpaired) electrons. The van der Waals surface area contributed by atoms with Crippen LogP contribution in [0.2, 0.25) is 36.3 Å². The number of methoxy groups -OCH3 is 1. The Kier molecular flexibility index (Phi) is 10.8. The maximum Gasteiger partial charge on any atom is 0.302 e. The molecule has 0 amide bonds. The molecule has 262 valence electrons. The van der Waals surface area contributed by atoms with E-state index in [9.17, 15) is 4.79 Å². The lowest BCUT2D eigenvalue weighted by Gasteiger charge is -2.64. The van der Waals surface area contributed by atoms with Crippen molar-refractivity contribution < 1.29 is 27.9 Å². The SMILES string of the molecule is COCO[C@@H]1C[C@H]([C@H](C)OC(C)=O)[C@@]2(C)CC[C@H]3[C@@H](C[C@H](O[Si](C)(C)C(C)(C)C)[C@H]4C[C@@H](O[Si](C)(C)C(C)(C)C)CC[C@@]43C)[C@H]12. The topological polar surface area (TPSA) is 63.2 Å². The van der Waals surface area contributed by atoms with E-state index in [4.69, 9.17) is 23.1 Å². The second-order valence-corrected chi connectivity index (χ2v) is 28.7. The summed E-state index contributed by atoms with van der Waals surface area (Å²) >= 11 is 0. The standard InChI is InChI=1S/C37H70O6Si2/c1-24(41-25(2)38)29-22-32(40-23-39-11)33-27-21-31(43-45(14,15)35(6,7)8)30-20-26(42-44(12,13)34(3,4)5)16-18-36(30,9)28(27)17-19-37(29,33)10/h24,26-33H,16-23H2,1-15H3/t24-,26-,27+,28-,29+,30+,31-,32+,33+,36+,37+/m0/s1. The Morgan fingerprint density at radius 2 is 1.40 bits per heavy atom. The number of hydrogen-bond donors (Lipinski definition) is 0. The summed E-state index contributed by atoms with van der Waals surface area (Å²) in [6, 6.07) is 0. The second kappa shape index (κ2) is 12.9. The molecule has 45 heavy (non-hydrogen) atoms. The van der Waals surface area contributed by atoms with Crippen LogP contribution in [0, 0.1) is 40.4 Å². The normalized spacial score (nSPS) is 39.9. The third-order valence-electron chi connectivity index (χ3n) is 14.5. The third-order valence-corrected chi connectivity index (χ3v) is 23.5. The summed E-state index contributed by atoms with van der Waals surface area (Å²) in [6.07, 6.45) is 8.36.